The molecule has 2 aromatic carbocycles. The van der Waals surface area contributed by atoms with Crippen LogP contribution in [0.25, 0.3) is 0 Å². The molecule has 0 aliphatic heterocycles. The lowest BCUT2D eigenvalue weighted by Gasteiger charge is -2.26. The molecule has 6 nitrogen and oxygen atoms in total. The number of guanidine groups is 1. The summed E-state index contributed by atoms with van der Waals surface area (Å²) in [5, 5.41) is 6.65. The van der Waals surface area contributed by atoms with Gasteiger partial charge in [0.05, 0.1) is 6.04 Å². The average Bonchev–Trinajstić information content (AvgIpc) is 2.73. The fourth-order valence-electron chi connectivity index (χ4n) is 3.14. The maximum Gasteiger partial charge on any atom is 0.253 e. The zero-order valence-electron chi connectivity index (χ0n) is 18.9. The monoisotopic (exact) mass is 541 g/mol. The fraction of sp³-hybridized carbons (Fsp3) is 0.391. The topological polar surface area (TPSA) is 60.0 Å². The largest absolute Gasteiger partial charge is 0.356 e. The first kappa shape index (κ1) is 26.8. The number of carbonyl (C=O) groups excluding carboxylic acids is 1. The van der Waals surface area contributed by atoms with Gasteiger partial charge in [-0.3, -0.25) is 9.79 Å². The highest BCUT2D eigenvalue weighted by Gasteiger charge is 2.15. The van der Waals surface area contributed by atoms with Crippen LogP contribution in [0.1, 0.15) is 27.5 Å². The van der Waals surface area contributed by atoms with Crippen LogP contribution in [0, 0.1) is 5.82 Å². The predicted octanol–water partition coefficient (Wildman–Crippen LogP) is 3.16. The van der Waals surface area contributed by atoms with Crippen molar-refractivity contribution >= 4 is 35.8 Å². The molecule has 2 aromatic rings. The van der Waals surface area contributed by atoms with E-state index in [9.17, 15) is 9.18 Å². The number of aliphatic imine (C=N–C) groups is 1. The zero-order chi connectivity index (χ0) is 22.1. The summed E-state index contributed by atoms with van der Waals surface area (Å²) in [7, 11) is 9.22. The minimum Gasteiger partial charge on any atom is -0.356 e. The van der Waals surface area contributed by atoms with Crippen molar-refractivity contribution < 1.29 is 9.18 Å². The van der Waals surface area contributed by atoms with E-state index in [4.69, 9.17) is 0 Å². The quantitative estimate of drug-likeness (QED) is 0.307. The Bertz CT molecular complexity index is 855. The van der Waals surface area contributed by atoms with Gasteiger partial charge in [-0.15, -0.1) is 24.0 Å². The smallest absolute Gasteiger partial charge is 0.253 e. The molecule has 1 amide bonds. The van der Waals surface area contributed by atoms with Gasteiger partial charge >= 0.3 is 0 Å². The molecule has 0 spiro atoms. The van der Waals surface area contributed by atoms with E-state index >= 15 is 0 Å². The van der Waals surface area contributed by atoms with E-state index in [1.807, 2.05) is 38.4 Å². The lowest BCUT2D eigenvalue weighted by atomic mass is 10.1. The van der Waals surface area contributed by atoms with Gasteiger partial charge < -0.3 is 20.4 Å². The lowest BCUT2D eigenvalue weighted by molar-refractivity contribution is 0.0827. The summed E-state index contributed by atoms with van der Waals surface area (Å²) in [6, 6.07) is 14.3. The number of hydrogen-bond donors (Lipinski definition) is 2. The van der Waals surface area contributed by atoms with Crippen LogP contribution >= 0.6 is 24.0 Å². The van der Waals surface area contributed by atoms with Crippen LogP contribution in [0.4, 0.5) is 4.39 Å². The van der Waals surface area contributed by atoms with Gasteiger partial charge in [0.2, 0.25) is 0 Å². The summed E-state index contributed by atoms with van der Waals surface area (Å²) in [4.78, 5) is 20.1. The third kappa shape index (κ3) is 8.45. The van der Waals surface area contributed by atoms with Gasteiger partial charge in [0.15, 0.2) is 5.96 Å². The summed E-state index contributed by atoms with van der Waals surface area (Å²) in [5.41, 5.74) is 2.81. The Morgan fingerprint density at radius 1 is 1.06 bits per heavy atom. The number of hydrogen-bond acceptors (Lipinski definition) is 3. The lowest BCUT2D eigenvalue weighted by Crippen LogP contribution is -2.42. The highest BCUT2D eigenvalue weighted by Crippen LogP contribution is 2.17. The Morgan fingerprint density at radius 3 is 2.32 bits per heavy atom. The van der Waals surface area contributed by atoms with E-state index in [1.165, 1.54) is 12.1 Å². The van der Waals surface area contributed by atoms with Gasteiger partial charge in [0, 0.05) is 39.8 Å². The number of benzene rings is 2. The second-order valence-electron chi connectivity index (χ2n) is 7.56. The van der Waals surface area contributed by atoms with Gasteiger partial charge in [0.25, 0.3) is 5.91 Å². The second kappa shape index (κ2) is 13.3. The number of amides is 1. The van der Waals surface area contributed by atoms with Crippen molar-refractivity contribution in [3.8, 4) is 0 Å². The predicted molar refractivity (Wildman–Crippen MR) is 136 cm³/mol. The molecule has 0 heterocycles. The SMILES string of the molecule is CN=C(NCCc1cccc(C(=O)N(C)C)c1)NCC(c1ccc(F)cc1)N(C)C.I. The molecule has 0 fully saturated rings. The maximum atomic E-state index is 13.2. The summed E-state index contributed by atoms with van der Waals surface area (Å²) < 4.78 is 13.2. The minimum absolute atomic E-state index is 0. The van der Waals surface area contributed by atoms with Gasteiger partial charge in [0.1, 0.15) is 5.82 Å². The third-order valence-corrected chi connectivity index (χ3v) is 4.85. The van der Waals surface area contributed by atoms with E-state index in [1.54, 1.807) is 38.2 Å². The van der Waals surface area contributed by atoms with E-state index in [2.05, 4.69) is 20.5 Å². The fourth-order valence-corrected chi connectivity index (χ4v) is 3.14. The average molecular weight is 541 g/mol. The van der Waals surface area contributed by atoms with Crippen LogP contribution in [0.5, 0.6) is 0 Å². The molecule has 1 atom stereocenters. The molecule has 0 bridgehead atoms. The Kier molecular flexibility index (Phi) is 11.5. The van der Waals surface area contributed by atoms with Crippen LogP contribution in [0.2, 0.25) is 0 Å². The van der Waals surface area contributed by atoms with Crippen molar-refractivity contribution in [3.05, 3.63) is 71.0 Å². The van der Waals surface area contributed by atoms with E-state index in [0.29, 0.717) is 24.6 Å². The number of likely N-dealkylation sites (N-methyl/N-ethyl adjacent to an activating group) is 1. The Hall–Kier alpha value is -2.20. The van der Waals surface area contributed by atoms with Crippen LogP contribution in [0.3, 0.4) is 0 Å². The van der Waals surface area contributed by atoms with Gasteiger partial charge in [-0.2, -0.15) is 0 Å². The molecule has 1 unspecified atom stereocenters. The number of carbonyl (C=O) groups is 1. The molecule has 0 saturated carbocycles. The van der Waals surface area contributed by atoms with Gasteiger partial charge in [-0.05, 0) is 55.9 Å². The van der Waals surface area contributed by atoms with Crippen LogP contribution < -0.4 is 10.6 Å². The highest BCUT2D eigenvalue weighted by molar-refractivity contribution is 14.0. The number of nitrogens with zero attached hydrogens (tertiary/aromatic N) is 3. The normalized spacial score (nSPS) is 12.2. The molecule has 31 heavy (non-hydrogen) atoms. The molecular formula is C23H33FIN5O. The van der Waals surface area contributed by atoms with Crippen molar-refractivity contribution in [2.45, 2.75) is 12.5 Å². The third-order valence-electron chi connectivity index (χ3n) is 4.85. The highest BCUT2D eigenvalue weighted by atomic mass is 127. The molecule has 8 heteroatoms. The summed E-state index contributed by atoms with van der Waals surface area (Å²) >= 11 is 0. The van der Waals surface area contributed by atoms with E-state index in [0.717, 1.165) is 17.5 Å². The number of rotatable bonds is 8. The molecule has 0 aromatic heterocycles. The maximum absolute atomic E-state index is 13.2. The molecule has 0 aliphatic carbocycles. The molecular weight excluding hydrogens is 508 g/mol. The van der Waals surface area contributed by atoms with Crippen molar-refractivity contribution in [1.29, 1.82) is 0 Å². The van der Waals surface area contributed by atoms with Crippen molar-refractivity contribution in [2.75, 3.05) is 48.3 Å². The number of halogens is 2. The van der Waals surface area contributed by atoms with Gasteiger partial charge in [-0.25, -0.2) is 4.39 Å². The molecule has 170 valence electrons. The van der Waals surface area contributed by atoms with Crippen LogP contribution in [-0.2, 0) is 6.42 Å². The Balaban J connectivity index is 0.00000480. The van der Waals surface area contributed by atoms with Gasteiger partial charge in [-0.1, -0.05) is 24.3 Å². The van der Waals surface area contributed by atoms with Crippen molar-refractivity contribution in [2.24, 2.45) is 4.99 Å². The van der Waals surface area contributed by atoms with Crippen LogP contribution in [0.15, 0.2) is 53.5 Å². The van der Waals surface area contributed by atoms with E-state index in [-0.39, 0.29) is 41.7 Å². The molecule has 0 aliphatic rings. The molecule has 2 N–H and O–H groups in total. The standard InChI is InChI=1S/C23H32FN5O.HI/c1-25-23(27-16-21(28(2)3)18-9-11-20(24)12-10-18)26-14-13-17-7-6-8-19(15-17)22(30)29(4)5;/h6-12,15,21H,13-14,16H2,1-5H3,(H2,25,26,27);1H. The second-order valence-corrected chi connectivity index (χ2v) is 7.56. The van der Waals surface area contributed by atoms with Crippen molar-refractivity contribution in [3.63, 3.8) is 0 Å². The first-order valence-corrected chi connectivity index (χ1v) is 9.98. The summed E-state index contributed by atoms with van der Waals surface area (Å²) in [5.74, 6) is 0.459. The van der Waals surface area contributed by atoms with Crippen molar-refractivity contribution in [1.82, 2.24) is 20.4 Å². The minimum atomic E-state index is -0.238. The Morgan fingerprint density at radius 2 is 1.74 bits per heavy atom. The number of nitrogens with one attached hydrogen (secondary N) is 2. The Labute approximate surface area is 201 Å². The molecule has 0 radical (unpaired) electrons. The van der Waals surface area contributed by atoms with E-state index < -0.39 is 0 Å². The van der Waals surface area contributed by atoms with Crippen LogP contribution in [-0.4, -0.2) is 70.0 Å². The molecule has 0 saturated heterocycles. The first-order valence-electron chi connectivity index (χ1n) is 9.98. The zero-order valence-corrected chi connectivity index (χ0v) is 21.2. The summed E-state index contributed by atoms with van der Waals surface area (Å²) in [6.07, 6.45) is 0.768. The first-order chi connectivity index (χ1) is 14.3. The summed E-state index contributed by atoms with van der Waals surface area (Å²) in [6.45, 7) is 1.31. The molecule has 2 rings (SSSR count).